The van der Waals surface area contributed by atoms with Crippen molar-refractivity contribution in [2.24, 2.45) is 5.10 Å². The van der Waals surface area contributed by atoms with Gasteiger partial charge in [-0.3, -0.25) is 4.79 Å². The summed E-state index contributed by atoms with van der Waals surface area (Å²) in [7, 11) is 3.09. The molecule has 0 saturated carbocycles. The third kappa shape index (κ3) is 2.99. The van der Waals surface area contributed by atoms with Crippen molar-refractivity contribution in [3.05, 3.63) is 57.0 Å². The summed E-state index contributed by atoms with van der Waals surface area (Å²) in [5, 5.41) is 14.8. The maximum atomic E-state index is 12.8. The SMILES string of the molecule is COc1cc2[nH]c3c(=O)n(/N=C\c4cc(Br)ccc4O)cnc3c2cc1OC. The van der Waals surface area contributed by atoms with E-state index in [2.05, 4.69) is 31.0 Å². The maximum Gasteiger partial charge on any atom is 0.298 e. The number of aromatic nitrogens is 3. The number of halogens is 1. The number of rotatable bonds is 4. The highest BCUT2D eigenvalue weighted by atomic mass is 79.9. The minimum absolute atomic E-state index is 0.0545. The van der Waals surface area contributed by atoms with Gasteiger partial charge in [0.1, 0.15) is 23.1 Å². The van der Waals surface area contributed by atoms with Crippen molar-refractivity contribution in [2.75, 3.05) is 14.2 Å². The monoisotopic (exact) mass is 442 g/mol. The van der Waals surface area contributed by atoms with Crippen LogP contribution in [0.15, 0.2) is 51.0 Å². The molecular formula is C19H15BrN4O4. The molecule has 0 saturated heterocycles. The topological polar surface area (TPSA) is 102 Å². The number of phenols is 1. The molecule has 2 N–H and O–H groups in total. The van der Waals surface area contributed by atoms with E-state index in [0.717, 1.165) is 14.5 Å². The van der Waals surface area contributed by atoms with E-state index in [-0.39, 0.29) is 11.3 Å². The van der Waals surface area contributed by atoms with Crippen LogP contribution in [0.2, 0.25) is 0 Å². The van der Waals surface area contributed by atoms with Gasteiger partial charge in [-0.15, -0.1) is 0 Å². The van der Waals surface area contributed by atoms with E-state index in [0.29, 0.717) is 33.6 Å². The molecule has 28 heavy (non-hydrogen) atoms. The van der Waals surface area contributed by atoms with Crippen LogP contribution in [0, 0.1) is 0 Å². The van der Waals surface area contributed by atoms with Gasteiger partial charge in [0.25, 0.3) is 5.56 Å². The number of H-pyrrole nitrogens is 1. The van der Waals surface area contributed by atoms with Crippen molar-refractivity contribution in [3.63, 3.8) is 0 Å². The minimum Gasteiger partial charge on any atom is -0.507 e. The molecule has 2 heterocycles. The van der Waals surface area contributed by atoms with Gasteiger partial charge < -0.3 is 19.6 Å². The van der Waals surface area contributed by atoms with E-state index in [1.54, 1.807) is 38.5 Å². The van der Waals surface area contributed by atoms with Crippen LogP contribution in [0.5, 0.6) is 17.2 Å². The third-order valence-electron chi connectivity index (χ3n) is 4.30. The molecular weight excluding hydrogens is 428 g/mol. The number of fused-ring (bicyclic) bond motifs is 3. The average Bonchev–Trinajstić information content (AvgIpc) is 3.07. The summed E-state index contributed by atoms with van der Waals surface area (Å²) in [5.74, 6) is 1.15. The molecule has 2 aromatic heterocycles. The number of nitrogens with one attached hydrogen (secondary N) is 1. The predicted molar refractivity (Wildman–Crippen MR) is 110 cm³/mol. The molecule has 0 aliphatic heterocycles. The fourth-order valence-electron chi connectivity index (χ4n) is 2.91. The molecule has 4 aromatic rings. The second kappa shape index (κ2) is 7.01. The lowest BCUT2D eigenvalue weighted by Crippen LogP contribution is -2.17. The average molecular weight is 443 g/mol. The van der Waals surface area contributed by atoms with Gasteiger partial charge in [0.05, 0.1) is 26.0 Å². The first kappa shape index (κ1) is 18.1. The van der Waals surface area contributed by atoms with Crippen LogP contribution in [0.25, 0.3) is 21.9 Å². The Morgan fingerprint density at radius 3 is 2.71 bits per heavy atom. The van der Waals surface area contributed by atoms with Gasteiger partial charge in [-0.25, -0.2) is 4.98 Å². The number of phenolic OH excluding ortho intramolecular Hbond substituents is 1. The molecule has 0 fully saturated rings. The van der Waals surface area contributed by atoms with E-state index in [9.17, 15) is 9.90 Å². The summed E-state index contributed by atoms with van der Waals surface area (Å²) in [6, 6.07) is 8.46. The fraction of sp³-hybridized carbons (Fsp3) is 0.105. The van der Waals surface area contributed by atoms with Crippen molar-refractivity contribution in [3.8, 4) is 17.2 Å². The fourth-order valence-corrected chi connectivity index (χ4v) is 3.29. The molecule has 0 atom stereocenters. The molecule has 0 radical (unpaired) electrons. The molecule has 0 spiro atoms. The molecule has 0 bridgehead atoms. The van der Waals surface area contributed by atoms with Gasteiger partial charge in [0.2, 0.25) is 0 Å². The Bertz CT molecular complexity index is 1290. The summed E-state index contributed by atoms with van der Waals surface area (Å²) in [5.41, 5.74) is 1.61. The van der Waals surface area contributed by atoms with Gasteiger partial charge in [0, 0.05) is 21.5 Å². The number of ether oxygens (including phenoxy) is 2. The summed E-state index contributed by atoms with van der Waals surface area (Å²) in [4.78, 5) is 20.3. The summed E-state index contributed by atoms with van der Waals surface area (Å²) < 4.78 is 12.5. The number of aromatic amines is 1. The van der Waals surface area contributed by atoms with Crippen molar-refractivity contribution in [1.29, 1.82) is 0 Å². The summed E-state index contributed by atoms with van der Waals surface area (Å²) >= 11 is 3.33. The van der Waals surface area contributed by atoms with Crippen LogP contribution in [0.1, 0.15) is 5.56 Å². The van der Waals surface area contributed by atoms with Crippen molar-refractivity contribution in [1.82, 2.24) is 14.6 Å². The third-order valence-corrected chi connectivity index (χ3v) is 4.80. The highest BCUT2D eigenvalue weighted by Crippen LogP contribution is 2.34. The Hall–Kier alpha value is -3.33. The standard InChI is InChI=1S/C19H15BrN4O4/c1-27-15-6-12-13(7-16(15)28-2)23-18-17(12)21-9-24(19(18)26)22-8-10-5-11(20)3-4-14(10)25/h3-9,23,25H,1-2H3/b22-8-. The first-order valence-corrected chi connectivity index (χ1v) is 8.99. The van der Waals surface area contributed by atoms with Gasteiger partial charge in [-0.05, 0) is 24.3 Å². The van der Waals surface area contributed by atoms with Crippen LogP contribution in [-0.2, 0) is 0 Å². The Morgan fingerprint density at radius 1 is 1.21 bits per heavy atom. The first-order valence-electron chi connectivity index (χ1n) is 8.19. The van der Waals surface area contributed by atoms with Crippen molar-refractivity contribution in [2.45, 2.75) is 0 Å². The zero-order chi connectivity index (χ0) is 19.8. The zero-order valence-electron chi connectivity index (χ0n) is 14.9. The van der Waals surface area contributed by atoms with Gasteiger partial charge in [0.15, 0.2) is 11.5 Å². The number of nitrogens with zero attached hydrogens (tertiary/aromatic N) is 3. The Balaban J connectivity index is 1.85. The molecule has 4 rings (SSSR count). The van der Waals surface area contributed by atoms with Crippen LogP contribution in [-0.4, -0.2) is 40.2 Å². The summed E-state index contributed by atoms with van der Waals surface area (Å²) in [6.45, 7) is 0. The highest BCUT2D eigenvalue weighted by Gasteiger charge is 2.14. The molecule has 0 aliphatic rings. The van der Waals surface area contributed by atoms with Crippen molar-refractivity contribution < 1.29 is 14.6 Å². The van der Waals surface area contributed by atoms with E-state index < -0.39 is 0 Å². The van der Waals surface area contributed by atoms with Gasteiger partial charge >= 0.3 is 0 Å². The number of hydrogen-bond acceptors (Lipinski definition) is 6. The largest absolute Gasteiger partial charge is 0.507 e. The van der Waals surface area contributed by atoms with Gasteiger partial charge in [-0.2, -0.15) is 9.78 Å². The smallest absolute Gasteiger partial charge is 0.298 e. The molecule has 142 valence electrons. The molecule has 2 aromatic carbocycles. The Morgan fingerprint density at radius 2 is 1.96 bits per heavy atom. The first-order chi connectivity index (χ1) is 13.5. The van der Waals surface area contributed by atoms with Gasteiger partial charge in [-0.1, -0.05) is 15.9 Å². The Labute approximate surface area is 167 Å². The molecule has 0 aliphatic carbocycles. The lowest BCUT2D eigenvalue weighted by atomic mass is 10.2. The number of methoxy groups -OCH3 is 2. The predicted octanol–water partition coefficient (Wildman–Crippen LogP) is 3.25. The van der Waals surface area contributed by atoms with Crippen molar-refractivity contribution >= 4 is 44.1 Å². The lowest BCUT2D eigenvalue weighted by Gasteiger charge is -2.06. The second-order valence-electron chi connectivity index (χ2n) is 5.94. The van der Waals surface area contributed by atoms with E-state index in [4.69, 9.17) is 9.47 Å². The van der Waals surface area contributed by atoms with E-state index in [1.165, 1.54) is 18.6 Å². The van der Waals surface area contributed by atoms with Crippen LogP contribution in [0.4, 0.5) is 0 Å². The van der Waals surface area contributed by atoms with E-state index in [1.807, 2.05) is 0 Å². The quantitative estimate of drug-likeness (QED) is 0.472. The van der Waals surface area contributed by atoms with Crippen LogP contribution in [0.3, 0.4) is 0 Å². The number of aromatic hydroxyl groups is 1. The molecule has 8 nitrogen and oxygen atoms in total. The number of benzene rings is 2. The minimum atomic E-state index is -0.370. The second-order valence-corrected chi connectivity index (χ2v) is 6.86. The lowest BCUT2D eigenvalue weighted by molar-refractivity contribution is 0.356. The van der Waals surface area contributed by atoms with Crippen LogP contribution < -0.4 is 15.0 Å². The van der Waals surface area contributed by atoms with Crippen LogP contribution >= 0.6 is 15.9 Å². The zero-order valence-corrected chi connectivity index (χ0v) is 16.5. The number of hydrogen-bond donors (Lipinski definition) is 2. The Kier molecular flexibility index (Phi) is 4.52. The summed E-state index contributed by atoms with van der Waals surface area (Å²) in [6.07, 6.45) is 2.73. The molecule has 0 unspecified atom stereocenters. The molecule has 0 amide bonds. The molecule has 9 heteroatoms. The van der Waals surface area contributed by atoms with E-state index >= 15 is 0 Å². The maximum absolute atomic E-state index is 12.8. The normalized spacial score (nSPS) is 11.5. The highest BCUT2D eigenvalue weighted by molar-refractivity contribution is 9.10.